The summed E-state index contributed by atoms with van der Waals surface area (Å²) in [4.78, 5) is 25.1. The van der Waals surface area contributed by atoms with E-state index in [1.165, 1.54) is 4.90 Å². The number of carboxylic acid groups (broad SMARTS) is 1. The van der Waals surface area contributed by atoms with Crippen LogP contribution in [0.1, 0.15) is 32.0 Å². The van der Waals surface area contributed by atoms with Crippen molar-refractivity contribution in [2.45, 2.75) is 13.8 Å². The van der Waals surface area contributed by atoms with Crippen molar-refractivity contribution in [3.05, 3.63) is 45.1 Å². The molecule has 2 rings (SSSR count). The van der Waals surface area contributed by atoms with Gasteiger partial charge in [0.25, 0.3) is 5.91 Å². The molecule has 0 aliphatic carbocycles. The van der Waals surface area contributed by atoms with Crippen molar-refractivity contribution in [3.8, 4) is 0 Å². The van der Waals surface area contributed by atoms with Gasteiger partial charge in [-0.25, -0.2) is 4.79 Å². The van der Waals surface area contributed by atoms with Crippen LogP contribution in [0.3, 0.4) is 0 Å². The highest BCUT2D eigenvalue weighted by atomic mass is 79.9. The molecule has 1 aromatic carbocycles. The summed E-state index contributed by atoms with van der Waals surface area (Å²) in [6.45, 7) is 3.51. The van der Waals surface area contributed by atoms with Gasteiger partial charge in [-0.2, -0.15) is 4.37 Å². The van der Waals surface area contributed by atoms with Crippen molar-refractivity contribution in [1.82, 2.24) is 4.37 Å². The van der Waals surface area contributed by atoms with Crippen LogP contribution in [0.4, 0.5) is 5.00 Å². The maximum atomic E-state index is 12.5. The number of aromatic carboxylic acids is 1. The molecule has 1 amide bonds. The summed E-state index contributed by atoms with van der Waals surface area (Å²) in [5, 5.41) is 9.58. The molecule has 0 saturated carbocycles. The van der Waals surface area contributed by atoms with Gasteiger partial charge >= 0.3 is 5.97 Å². The van der Waals surface area contributed by atoms with E-state index in [9.17, 15) is 14.7 Å². The first-order valence-electron chi connectivity index (χ1n) is 6.06. The average Bonchev–Trinajstić information content (AvgIpc) is 2.82. The van der Waals surface area contributed by atoms with Crippen LogP contribution in [0, 0.1) is 13.8 Å². The Bertz CT molecular complexity index is 727. The quantitative estimate of drug-likeness (QED) is 0.899. The Labute approximate surface area is 134 Å². The lowest BCUT2D eigenvalue weighted by molar-refractivity contribution is 0.0697. The van der Waals surface area contributed by atoms with E-state index in [0.29, 0.717) is 16.3 Å². The third kappa shape index (κ3) is 2.98. The zero-order chi connectivity index (χ0) is 15.7. The highest BCUT2D eigenvalue weighted by Gasteiger charge is 2.24. The second kappa shape index (κ2) is 5.95. The molecule has 5 nitrogen and oxygen atoms in total. The first-order valence-corrected chi connectivity index (χ1v) is 7.63. The van der Waals surface area contributed by atoms with Gasteiger partial charge in [-0.05, 0) is 49.1 Å². The number of halogens is 1. The summed E-state index contributed by atoms with van der Waals surface area (Å²) in [5.41, 5.74) is 1.92. The summed E-state index contributed by atoms with van der Waals surface area (Å²) >= 11 is 4.39. The third-order valence-corrected chi connectivity index (χ3v) is 4.98. The Morgan fingerprint density at radius 1 is 1.33 bits per heavy atom. The minimum absolute atomic E-state index is 0.0738. The number of hydrogen-bond acceptors (Lipinski definition) is 4. The van der Waals surface area contributed by atoms with Crippen LogP contribution >= 0.6 is 27.5 Å². The molecule has 0 spiro atoms. The van der Waals surface area contributed by atoms with Crippen molar-refractivity contribution >= 4 is 44.3 Å². The molecule has 21 heavy (non-hydrogen) atoms. The molecular formula is C14H13BrN2O3S. The van der Waals surface area contributed by atoms with E-state index in [0.717, 1.165) is 21.6 Å². The predicted octanol–water partition coefficient (Wildman–Crippen LogP) is 3.50. The molecular weight excluding hydrogens is 356 g/mol. The summed E-state index contributed by atoms with van der Waals surface area (Å²) in [6, 6.07) is 5.26. The van der Waals surface area contributed by atoms with Crippen LogP contribution in [-0.2, 0) is 0 Å². The van der Waals surface area contributed by atoms with Crippen LogP contribution in [0.15, 0.2) is 22.7 Å². The summed E-state index contributed by atoms with van der Waals surface area (Å²) in [6.07, 6.45) is 0. The molecule has 1 heterocycles. The number of carbonyl (C=O) groups excluding carboxylic acids is 1. The van der Waals surface area contributed by atoms with Gasteiger partial charge in [0.2, 0.25) is 0 Å². The molecule has 0 bridgehead atoms. The van der Waals surface area contributed by atoms with E-state index in [-0.39, 0.29) is 11.5 Å². The summed E-state index contributed by atoms with van der Waals surface area (Å²) in [7, 11) is 1.55. The van der Waals surface area contributed by atoms with Crippen molar-refractivity contribution in [3.63, 3.8) is 0 Å². The van der Waals surface area contributed by atoms with Gasteiger partial charge in [0.15, 0.2) is 0 Å². The molecule has 1 aromatic heterocycles. The maximum absolute atomic E-state index is 12.5. The molecule has 2 aromatic rings. The Morgan fingerprint density at radius 3 is 2.57 bits per heavy atom. The zero-order valence-electron chi connectivity index (χ0n) is 11.7. The van der Waals surface area contributed by atoms with E-state index < -0.39 is 5.97 Å². The van der Waals surface area contributed by atoms with E-state index in [1.807, 2.05) is 6.92 Å². The lowest BCUT2D eigenvalue weighted by atomic mass is 10.1. The molecule has 0 atom stereocenters. The number of aryl methyl sites for hydroxylation is 2. The van der Waals surface area contributed by atoms with Crippen molar-refractivity contribution < 1.29 is 14.7 Å². The highest BCUT2D eigenvalue weighted by Crippen LogP contribution is 2.29. The number of carbonyl (C=O) groups is 2. The molecule has 0 aliphatic rings. The zero-order valence-corrected chi connectivity index (χ0v) is 14.1. The number of nitrogens with zero attached hydrogens (tertiary/aromatic N) is 2. The third-order valence-electron chi connectivity index (χ3n) is 3.07. The van der Waals surface area contributed by atoms with E-state index in [2.05, 4.69) is 20.3 Å². The van der Waals surface area contributed by atoms with Gasteiger partial charge in [-0.15, -0.1) is 0 Å². The van der Waals surface area contributed by atoms with Crippen LogP contribution < -0.4 is 4.90 Å². The molecule has 0 unspecified atom stereocenters. The Hall–Kier alpha value is -1.73. The van der Waals surface area contributed by atoms with E-state index in [4.69, 9.17) is 0 Å². The van der Waals surface area contributed by atoms with Crippen LogP contribution in [0.5, 0.6) is 0 Å². The summed E-state index contributed by atoms with van der Waals surface area (Å²) in [5.74, 6) is -1.35. The average molecular weight is 369 g/mol. The maximum Gasteiger partial charge on any atom is 0.340 e. The van der Waals surface area contributed by atoms with E-state index in [1.54, 1.807) is 32.2 Å². The fraction of sp³-hybridized carbons (Fsp3) is 0.214. The molecule has 0 radical (unpaired) electrons. The van der Waals surface area contributed by atoms with Crippen molar-refractivity contribution in [2.24, 2.45) is 0 Å². The van der Waals surface area contributed by atoms with Crippen molar-refractivity contribution in [2.75, 3.05) is 11.9 Å². The predicted molar refractivity (Wildman–Crippen MR) is 85.4 cm³/mol. The fourth-order valence-electron chi connectivity index (χ4n) is 1.90. The molecule has 1 N–H and O–H groups in total. The van der Waals surface area contributed by atoms with Crippen LogP contribution in [0.2, 0.25) is 0 Å². The first-order chi connectivity index (χ1) is 9.82. The SMILES string of the molecule is Cc1cc(C(=O)N(C)c2snc(C)c2C(=O)O)ccc1Br. The first kappa shape index (κ1) is 15.7. The number of rotatable bonds is 3. The number of anilines is 1. The lowest BCUT2D eigenvalue weighted by Crippen LogP contribution is -2.27. The standard InChI is InChI=1S/C14H13BrN2O3S/c1-7-6-9(4-5-10(7)15)12(18)17(3)13-11(14(19)20)8(2)16-21-13/h4-6H,1-3H3,(H,19,20). The molecule has 7 heteroatoms. The molecule has 0 saturated heterocycles. The Morgan fingerprint density at radius 2 is 2.00 bits per heavy atom. The number of aromatic nitrogens is 1. The second-order valence-corrected chi connectivity index (χ2v) is 6.19. The largest absolute Gasteiger partial charge is 0.478 e. The highest BCUT2D eigenvalue weighted by molar-refractivity contribution is 9.10. The number of amides is 1. The van der Waals surface area contributed by atoms with Gasteiger partial charge in [0, 0.05) is 17.1 Å². The van der Waals surface area contributed by atoms with Crippen LogP contribution in [0.25, 0.3) is 0 Å². The number of carboxylic acids is 1. The van der Waals surface area contributed by atoms with Gasteiger partial charge in [0.05, 0.1) is 5.69 Å². The number of hydrogen-bond donors (Lipinski definition) is 1. The van der Waals surface area contributed by atoms with Gasteiger partial charge in [-0.3, -0.25) is 4.79 Å². The normalized spacial score (nSPS) is 10.5. The van der Waals surface area contributed by atoms with Crippen LogP contribution in [-0.4, -0.2) is 28.4 Å². The molecule has 110 valence electrons. The van der Waals surface area contributed by atoms with Gasteiger partial charge < -0.3 is 10.0 Å². The van der Waals surface area contributed by atoms with Crippen molar-refractivity contribution in [1.29, 1.82) is 0 Å². The number of benzene rings is 1. The monoisotopic (exact) mass is 368 g/mol. The molecule has 0 aliphatic heterocycles. The second-order valence-electron chi connectivity index (χ2n) is 4.58. The smallest absolute Gasteiger partial charge is 0.340 e. The Kier molecular flexibility index (Phi) is 4.43. The van der Waals surface area contributed by atoms with Gasteiger partial charge in [-0.1, -0.05) is 15.9 Å². The fourth-order valence-corrected chi connectivity index (χ4v) is 2.99. The van der Waals surface area contributed by atoms with E-state index >= 15 is 0 Å². The topological polar surface area (TPSA) is 70.5 Å². The van der Waals surface area contributed by atoms with Gasteiger partial charge in [0.1, 0.15) is 10.6 Å². The Balaban J connectivity index is 2.40. The minimum Gasteiger partial charge on any atom is -0.478 e. The summed E-state index contributed by atoms with van der Waals surface area (Å²) < 4.78 is 4.94. The molecule has 0 fully saturated rings. The minimum atomic E-state index is -1.08. The lowest BCUT2D eigenvalue weighted by Gasteiger charge is -2.16.